The predicted molar refractivity (Wildman–Crippen MR) is 83.6 cm³/mol. The quantitative estimate of drug-likeness (QED) is 0.848. The van der Waals surface area contributed by atoms with Gasteiger partial charge in [-0.15, -0.1) is 0 Å². The zero-order chi connectivity index (χ0) is 13.9. The third-order valence-corrected chi connectivity index (χ3v) is 7.39. The minimum atomic E-state index is -2.91. The van der Waals surface area contributed by atoms with E-state index in [1.165, 1.54) is 37.7 Å². The summed E-state index contributed by atoms with van der Waals surface area (Å²) < 4.78 is 23.8. The molecule has 0 aromatic rings. The summed E-state index contributed by atoms with van der Waals surface area (Å²) in [5.41, 5.74) is 0. The Hall–Kier alpha value is 0.260. The van der Waals surface area contributed by atoms with Crippen LogP contribution in [0.1, 0.15) is 51.9 Å². The summed E-state index contributed by atoms with van der Waals surface area (Å²) in [5, 5.41) is 4.30. The molecule has 2 aliphatic rings. The van der Waals surface area contributed by atoms with Crippen LogP contribution in [0.15, 0.2) is 0 Å². The molecule has 2 fully saturated rings. The monoisotopic (exact) mass is 305 g/mol. The van der Waals surface area contributed by atoms with Crippen molar-refractivity contribution in [1.82, 2.24) is 5.32 Å². The fourth-order valence-corrected chi connectivity index (χ4v) is 6.13. The van der Waals surface area contributed by atoms with Gasteiger partial charge in [0.25, 0.3) is 0 Å². The van der Waals surface area contributed by atoms with Crippen LogP contribution >= 0.6 is 11.8 Å². The van der Waals surface area contributed by atoms with Crippen LogP contribution in [0.2, 0.25) is 0 Å². The molecule has 0 amide bonds. The predicted octanol–water partition coefficient (Wildman–Crippen LogP) is 2.61. The maximum Gasteiger partial charge on any atom is 0.151 e. The van der Waals surface area contributed by atoms with E-state index < -0.39 is 9.84 Å². The van der Waals surface area contributed by atoms with Crippen LogP contribution in [-0.4, -0.2) is 43.0 Å². The molecule has 4 atom stereocenters. The summed E-state index contributed by atoms with van der Waals surface area (Å²) in [5.74, 6) is 1.19. The van der Waals surface area contributed by atoms with Gasteiger partial charge in [0.05, 0.1) is 5.25 Å². The highest BCUT2D eigenvalue weighted by Crippen LogP contribution is 2.32. The number of hydrogen-bond acceptors (Lipinski definition) is 4. The Bertz CT molecular complexity index is 383. The van der Waals surface area contributed by atoms with Crippen LogP contribution in [0.5, 0.6) is 0 Å². The molecule has 2 rings (SSSR count). The smallest absolute Gasteiger partial charge is 0.151 e. The van der Waals surface area contributed by atoms with Gasteiger partial charge in [-0.05, 0) is 37.9 Å². The molecule has 0 spiro atoms. The molecule has 2 aliphatic carbocycles. The van der Waals surface area contributed by atoms with Gasteiger partial charge in [-0.2, -0.15) is 11.8 Å². The second-order valence-corrected chi connectivity index (χ2v) is 9.85. The number of sulfone groups is 1. The van der Waals surface area contributed by atoms with Crippen LogP contribution in [-0.2, 0) is 9.84 Å². The summed E-state index contributed by atoms with van der Waals surface area (Å²) in [4.78, 5) is 0. The van der Waals surface area contributed by atoms with Crippen molar-refractivity contribution in [3.05, 3.63) is 0 Å². The topological polar surface area (TPSA) is 46.2 Å². The van der Waals surface area contributed by atoms with E-state index in [0.717, 1.165) is 24.5 Å². The third kappa shape index (κ3) is 4.36. The van der Waals surface area contributed by atoms with Crippen LogP contribution in [0.3, 0.4) is 0 Å². The third-order valence-electron chi connectivity index (χ3n) is 4.49. The van der Waals surface area contributed by atoms with Crippen LogP contribution < -0.4 is 5.32 Å². The lowest BCUT2D eigenvalue weighted by atomic mass is 9.94. The van der Waals surface area contributed by atoms with Gasteiger partial charge < -0.3 is 5.32 Å². The second-order valence-electron chi connectivity index (χ2n) is 6.01. The first-order valence-corrected chi connectivity index (χ1v) is 10.6. The molecule has 4 unspecified atom stereocenters. The minimum absolute atomic E-state index is 0.154. The first kappa shape index (κ1) is 15.6. The number of hydrogen-bond donors (Lipinski definition) is 1. The molecule has 0 aliphatic heterocycles. The standard InChI is InChI=1S/C14H27NO2S2/c1-3-18-12-9-8-11(10-12)15-13-6-4-5-7-14(13)19(2,16)17/h11-15H,3-10H2,1-2H3. The molecule has 5 heteroatoms. The van der Waals surface area contributed by atoms with Gasteiger partial charge in [-0.1, -0.05) is 19.8 Å². The molecule has 0 heterocycles. The Labute approximate surface area is 122 Å². The van der Waals surface area contributed by atoms with Crippen LogP contribution in [0.4, 0.5) is 0 Å². The normalized spacial score (nSPS) is 36.5. The van der Waals surface area contributed by atoms with Gasteiger partial charge in [0, 0.05) is 23.6 Å². The highest BCUT2D eigenvalue weighted by atomic mass is 32.2. The van der Waals surface area contributed by atoms with Gasteiger partial charge in [0.1, 0.15) is 0 Å². The van der Waals surface area contributed by atoms with Crippen LogP contribution in [0.25, 0.3) is 0 Å². The fourth-order valence-electron chi connectivity index (χ4n) is 3.58. The Morgan fingerprint density at radius 2 is 1.89 bits per heavy atom. The van der Waals surface area contributed by atoms with Gasteiger partial charge in [-0.3, -0.25) is 0 Å². The van der Waals surface area contributed by atoms with E-state index >= 15 is 0 Å². The molecular weight excluding hydrogens is 278 g/mol. The van der Waals surface area contributed by atoms with Gasteiger partial charge in [0.15, 0.2) is 9.84 Å². The Balaban J connectivity index is 1.90. The minimum Gasteiger partial charge on any atom is -0.310 e. The van der Waals surface area contributed by atoms with Crippen molar-refractivity contribution in [3.63, 3.8) is 0 Å². The lowest BCUT2D eigenvalue weighted by Gasteiger charge is -2.33. The van der Waals surface area contributed by atoms with E-state index in [-0.39, 0.29) is 11.3 Å². The number of rotatable bonds is 5. The lowest BCUT2D eigenvalue weighted by molar-refractivity contribution is 0.337. The average molecular weight is 306 g/mol. The van der Waals surface area contributed by atoms with Crippen molar-refractivity contribution in [3.8, 4) is 0 Å². The summed E-state index contributed by atoms with van der Waals surface area (Å²) in [6.45, 7) is 2.21. The van der Waals surface area contributed by atoms with Crippen molar-refractivity contribution in [2.24, 2.45) is 0 Å². The first-order valence-electron chi connectivity index (χ1n) is 7.57. The summed E-state index contributed by atoms with van der Waals surface area (Å²) in [6.07, 6.45) is 9.22. The molecule has 2 saturated carbocycles. The first-order chi connectivity index (χ1) is 9.00. The molecule has 3 nitrogen and oxygen atoms in total. The van der Waals surface area contributed by atoms with Crippen molar-refractivity contribution >= 4 is 21.6 Å². The lowest BCUT2D eigenvalue weighted by Crippen LogP contribution is -2.49. The van der Waals surface area contributed by atoms with Crippen molar-refractivity contribution in [2.45, 2.75) is 74.5 Å². The molecule has 0 saturated heterocycles. The Morgan fingerprint density at radius 1 is 1.16 bits per heavy atom. The van der Waals surface area contributed by atoms with Crippen molar-refractivity contribution in [2.75, 3.05) is 12.0 Å². The van der Waals surface area contributed by atoms with E-state index in [2.05, 4.69) is 24.0 Å². The molecular formula is C14H27NO2S2. The van der Waals surface area contributed by atoms with E-state index in [0.29, 0.717) is 6.04 Å². The fraction of sp³-hybridized carbons (Fsp3) is 1.00. The van der Waals surface area contributed by atoms with Crippen molar-refractivity contribution in [1.29, 1.82) is 0 Å². The number of nitrogens with one attached hydrogen (secondary N) is 1. The zero-order valence-electron chi connectivity index (χ0n) is 12.1. The molecule has 1 N–H and O–H groups in total. The Kier molecular flexibility index (Phi) is 5.61. The molecule has 0 aromatic heterocycles. The van der Waals surface area contributed by atoms with E-state index in [1.54, 1.807) is 0 Å². The van der Waals surface area contributed by atoms with E-state index in [4.69, 9.17) is 0 Å². The second kappa shape index (κ2) is 6.81. The maximum absolute atomic E-state index is 11.9. The summed E-state index contributed by atoms with van der Waals surface area (Å²) in [6, 6.07) is 0.732. The SMILES string of the molecule is CCSC1CCC(NC2CCCCC2S(C)(=O)=O)C1. The molecule has 0 aromatic carbocycles. The zero-order valence-corrected chi connectivity index (χ0v) is 13.7. The maximum atomic E-state index is 11.9. The van der Waals surface area contributed by atoms with Crippen molar-refractivity contribution < 1.29 is 8.42 Å². The number of thioether (sulfide) groups is 1. The molecule has 0 radical (unpaired) electrons. The highest BCUT2D eigenvalue weighted by Gasteiger charge is 2.35. The molecule has 112 valence electrons. The largest absolute Gasteiger partial charge is 0.310 e. The van der Waals surface area contributed by atoms with Gasteiger partial charge >= 0.3 is 0 Å². The van der Waals surface area contributed by atoms with E-state index in [9.17, 15) is 8.42 Å². The summed E-state index contributed by atoms with van der Waals surface area (Å²) >= 11 is 2.05. The summed E-state index contributed by atoms with van der Waals surface area (Å²) in [7, 11) is -2.91. The van der Waals surface area contributed by atoms with Gasteiger partial charge in [-0.25, -0.2) is 8.42 Å². The average Bonchev–Trinajstić information content (AvgIpc) is 2.76. The van der Waals surface area contributed by atoms with Gasteiger partial charge in [0.2, 0.25) is 0 Å². The highest BCUT2D eigenvalue weighted by molar-refractivity contribution is 7.99. The molecule has 0 bridgehead atoms. The molecule has 19 heavy (non-hydrogen) atoms. The Morgan fingerprint density at radius 3 is 2.58 bits per heavy atom. The van der Waals surface area contributed by atoms with E-state index in [1.807, 2.05) is 0 Å². The van der Waals surface area contributed by atoms with Crippen LogP contribution in [0, 0.1) is 0 Å².